The molecule has 0 atom stereocenters. The van der Waals surface area contributed by atoms with E-state index in [9.17, 15) is 4.39 Å². The number of nitrogens with two attached hydrogens (primary N) is 1. The van der Waals surface area contributed by atoms with Crippen LogP contribution in [-0.2, 0) is 4.74 Å². The summed E-state index contributed by atoms with van der Waals surface area (Å²) >= 11 is 5.66. The van der Waals surface area contributed by atoms with E-state index in [-0.39, 0.29) is 5.02 Å². The minimum atomic E-state index is -0.453. The summed E-state index contributed by atoms with van der Waals surface area (Å²) in [5.41, 5.74) is 6.98. The van der Waals surface area contributed by atoms with Crippen LogP contribution >= 0.6 is 11.6 Å². The lowest BCUT2D eigenvalue weighted by molar-refractivity contribution is 0.154. The number of halogens is 2. The van der Waals surface area contributed by atoms with Gasteiger partial charge in [-0.2, -0.15) is 0 Å². The monoisotopic (exact) mass is 260 g/mol. The molecule has 0 aromatic heterocycles. The predicted molar refractivity (Wildman–Crippen MR) is 70.2 cm³/mol. The van der Waals surface area contributed by atoms with Crippen LogP contribution in [0.1, 0.15) is 13.8 Å². The quantitative estimate of drug-likeness (QED) is 0.631. The fraction of sp³-hybridized carbons (Fsp3) is 0.500. The third-order valence-corrected chi connectivity index (χ3v) is 2.79. The Balaban J connectivity index is 2.84. The molecule has 2 N–H and O–H groups in total. The molecule has 0 aliphatic heterocycles. The lowest BCUT2D eigenvalue weighted by Crippen LogP contribution is -2.28. The van der Waals surface area contributed by atoms with Crippen molar-refractivity contribution in [3.05, 3.63) is 23.0 Å². The molecule has 5 heteroatoms. The zero-order valence-electron chi connectivity index (χ0n) is 10.2. The van der Waals surface area contributed by atoms with Crippen LogP contribution in [0.5, 0.6) is 0 Å². The SMILES string of the molecule is CCOCCN(CC)c1cc(F)c(Cl)cc1N. The summed E-state index contributed by atoms with van der Waals surface area (Å²) in [6, 6.07) is 2.81. The molecule has 1 aromatic rings. The number of ether oxygens (including phenoxy) is 1. The second-order valence-electron chi connectivity index (χ2n) is 3.60. The van der Waals surface area contributed by atoms with E-state index in [1.165, 1.54) is 12.1 Å². The molecule has 0 unspecified atom stereocenters. The van der Waals surface area contributed by atoms with Crippen molar-refractivity contribution in [1.82, 2.24) is 0 Å². The third-order valence-electron chi connectivity index (χ3n) is 2.50. The number of likely N-dealkylation sites (N-methyl/N-ethyl adjacent to an activating group) is 1. The average molecular weight is 261 g/mol. The van der Waals surface area contributed by atoms with Crippen LogP contribution < -0.4 is 10.6 Å². The number of hydrogen-bond donors (Lipinski definition) is 1. The molecule has 0 amide bonds. The van der Waals surface area contributed by atoms with Gasteiger partial charge < -0.3 is 15.4 Å². The Hall–Kier alpha value is -1.00. The molecule has 3 nitrogen and oxygen atoms in total. The first-order chi connectivity index (χ1) is 8.10. The maximum absolute atomic E-state index is 13.4. The van der Waals surface area contributed by atoms with Gasteiger partial charge in [0.15, 0.2) is 0 Å². The highest BCUT2D eigenvalue weighted by molar-refractivity contribution is 6.31. The number of nitrogen functional groups attached to an aromatic ring is 1. The molecule has 0 bridgehead atoms. The summed E-state index contributed by atoms with van der Waals surface area (Å²) in [5, 5.41) is 0.0483. The van der Waals surface area contributed by atoms with Crippen molar-refractivity contribution < 1.29 is 9.13 Å². The van der Waals surface area contributed by atoms with E-state index in [4.69, 9.17) is 22.1 Å². The fourth-order valence-electron chi connectivity index (χ4n) is 1.59. The molecule has 0 saturated carbocycles. The van der Waals surface area contributed by atoms with Crippen LogP contribution in [-0.4, -0.2) is 26.3 Å². The molecule has 96 valence electrons. The maximum Gasteiger partial charge on any atom is 0.144 e. The van der Waals surface area contributed by atoms with Gasteiger partial charge in [0.2, 0.25) is 0 Å². The molecule has 0 radical (unpaired) electrons. The second kappa shape index (κ2) is 6.67. The Labute approximate surface area is 106 Å². The number of nitrogens with zero attached hydrogens (tertiary/aromatic N) is 1. The Bertz CT molecular complexity index is 374. The van der Waals surface area contributed by atoms with Crippen LogP contribution in [0.15, 0.2) is 12.1 Å². The summed E-state index contributed by atoms with van der Waals surface area (Å²) in [4.78, 5) is 1.96. The van der Waals surface area contributed by atoms with Gasteiger partial charge in [0.05, 0.1) is 23.0 Å². The summed E-state index contributed by atoms with van der Waals surface area (Å²) in [6.07, 6.45) is 0. The van der Waals surface area contributed by atoms with Gasteiger partial charge in [-0.25, -0.2) is 4.39 Å². The van der Waals surface area contributed by atoms with E-state index in [0.717, 1.165) is 6.54 Å². The van der Waals surface area contributed by atoms with Crippen molar-refractivity contribution in [1.29, 1.82) is 0 Å². The van der Waals surface area contributed by atoms with Crippen LogP contribution in [0.3, 0.4) is 0 Å². The topological polar surface area (TPSA) is 38.5 Å². The maximum atomic E-state index is 13.4. The summed E-state index contributed by atoms with van der Waals surface area (Å²) in [6.45, 7) is 6.59. The van der Waals surface area contributed by atoms with Gasteiger partial charge >= 0.3 is 0 Å². The zero-order valence-corrected chi connectivity index (χ0v) is 10.9. The Kier molecular flexibility index (Phi) is 5.51. The Morgan fingerprint density at radius 2 is 2.12 bits per heavy atom. The number of benzene rings is 1. The first-order valence-electron chi connectivity index (χ1n) is 5.67. The van der Waals surface area contributed by atoms with Crippen molar-refractivity contribution in [2.75, 3.05) is 36.9 Å². The number of hydrogen-bond acceptors (Lipinski definition) is 3. The van der Waals surface area contributed by atoms with Gasteiger partial charge in [0.1, 0.15) is 5.82 Å². The summed E-state index contributed by atoms with van der Waals surface area (Å²) in [7, 11) is 0. The van der Waals surface area contributed by atoms with Crippen LogP contribution in [0.25, 0.3) is 0 Å². The van der Waals surface area contributed by atoms with E-state index < -0.39 is 5.82 Å². The van der Waals surface area contributed by atoms with Crippen LogP contribution in [0, 0.1) is 5.82 Å². The number of rotatable bonds is 6. The molecule has 0 aliphatic carbocycles. The minimum Gasteiger partial charge on any atom is -0.397 e. The molecule has 0 spiro atoms. The van der Waals surface area contributed by atoms with E-state index in [0.29, 0.717) is 31.1 Å². The van der Waals surface area contributed by atoms with E-state index in [1.54, 1.807) is 0 Å². The lowest BCUT2D eigenvalue weighted by Gasteiger charge is -2.24. The molecule has 1 aromatic carbocycles. The molecule has 0 heterocycles. The van der Waals surface area contributed by atoms with Crippen molar-refractivity contribution in [2.24, 2.45) is 0 Å². The van der Waals surface area contributed by atoms with Crippen molar-refractivity contribution in [3.8, 4) is 0 Å². The minimum absolute atomic E-state index is 0.0483. The first-order valence-corrected chi connectivity index (χ1v) is 6.05. The van der Waals surface area contributed by atoms with Crippen molar-refractivity contribution in [2.45, 2.75) is 13.8 Å². The second-order valence-corrected chi connectivity index (χ2v) is 4.01. The molecule has 0 fully saturated rings. The standard InChI is InChI=1S/C12H18ClFN2O/c1-3-16(5-6-17-4-2)12-8-10(14)9(13)7-11(12)15/h7-8H,3-6,15H2,1-2H3. The molecule has 0 aliphatic rings. The van der Waals surface area contributed by atoms with Crippen LogP contribution in [0.4, 0.5) is 15.8 Å². The van der Waals surface area contributed by atoms with Gasteiger partial charge in [-0.15, -0.1) is 0 Å². The van der Waals surface area contributed by atoms with Gasteiger partial charge in [-0.1, -0.05) is 11.6 Å². The third kappa shape index (κ3) is 3.75. The smallest absolute Gasteiger partial charge is 0.144 e. The highest BCUT2D eigenvalue weighted by Gasteiger charge is 2.11. The first kappa shape index (κ1) is 14.1. The van der Waals surface area contributed by atoms with Crippen molar-refractivity contribution >= 4 is 23.0 Å². The molecular formula is C12H18ClFN2O. The highest BCUT2D eigenvalue weighted by atomic mass is 35.5. The molecule has 17 heavy (non-hydrogen) atoms. The lowest BCUT2D eigenvalue weighted by atomic mass is 10.2. The summed E-state index contributed by atoms with van der Waals surface area (Å²) < 4.78 is 18.7. The number of anilines is 2. The Morgan fingerprint density at radius 3 is 2.71 bits per heavy atom. The van der Waals surface area contributed by atoms with Crippen LogP contribution in [0.2, 0.25) is 5.02 Å². The Morgan fingerprint density at radius 1 is 1.41 bits per heavy atom. The normalized spacial score (nSPS) is 10.6. The van der Waals surface area contributed by atoms with E-state index in [1.807, 2.05) is 18.7 Å². The zero-order chi connectivity index (χ0) is 12.8. The van der Waals surface area contributed by atoms with Gasteiger partial charge in [0, 0.05) is 25.8 Å². The van der Waals surface area contributed by atoms with E-state index >= 15 is 0 Å². The largest absolute Gasteiger partial charge is 0.397 e. The predicted octanol–water partition coefficient (Wildman–Crippen LogP) is 2.92. The van der Waals surface area contributed by atoms with E-state index in [2.05, 4.69) is 0 Å². The fourth-order valence-corrected chi connectivity index (χ4v) is 1.77. The van der Waals surface area contributed by atoms with Gasteiger partial charge in [0.25, 0.3) is 0 Å². The molecular weight excluding hydrogens is 243 g/mol. The molecule has 1 rings (SSSR count). The molecule has 0 saturated heterocycles. The van der Waals surface area contributed by atoms with Gasteiger partial charge in [-0.3, -0.25) is 0 Å². The van der Waals surface area contributed by atoms with Gasteiger partial charge in [-0.05, 0) is 19.9 Å². The average Bonchev–Trinajstić information content (AvgIpc) is 2.30. The van der Waals surface area contributed by atoms with Crippen molar-refractivity contribution in [3.63, 3.8) is 0 Å². The summed E-state index contributed by atoms with van der Waals surface area (Å²) in [5.74, 6) is -0.453. The highest BCUT2D eigenvalue weighted by Crippen LogP contribution is 2.29.